The smallest absolute Gasteiger partial charge is 0.338 e. The van der Waals surface area contributed by atoms with E-state index in [1.54, 1.807) is 36.4 Å². The highest BCUT2D eigenvalue weighted by atomic mass is 16.6. The van der Waals surface area contributed by atoms with Gasteiger partial charge in [-0.2, -0.15) is 0 Å². The third kappa shape index (κ3) is 4.77. The van der Waals surface area contributed by atoms with E-state index in [0.717, 1.165) is 0 Å². The van der Waals surface area contributed by atoms with Gasteiger partial charge in [0, 0.05) is 0 Å². The summed E-state index contributed by atoms with van der Waals surface area (Å²) in [7, 11) is 0. The van der Waals surface area contributed by atoms with Gasteiger partial charge in [0.15, 0.2) is 18.1 Å². The summed E-state index contributed by atoms with van der Waals surface area (Å²) in [4.78, 5) is 35.7. The number of hydrogen-bond donors (Lipinski definition) is 3. The van der Waals surface area contributed by atoms with Crippen LogP contribution < -0.4 is 20.3 Å². The topological polar surface area (TPSA) is 123 Å². The van der Waals surface area contributed by atoms with Crippen molar-refractivity contribution in [3.05, 3.63) is 59.7 Å². The number of aliphatic hydroxyl groups is 1. The minimum Gasteiger partial charge on any atom is -0.485 e. The third-order valence-corrected chi connectivity index (χ3v) is 3.83. The number of nitrogens with one attached hydrogen (secondary N) is 2. The molecule has 9 nitrogen and oxygen atoms in total. The van der Waals surface area contributed by atoms with E-state index >= 15 is 0 Å². The number of esters is 1. The van der Waals surface area contributed by atoms with E-state index in [9.17, 15) is 14.4 Å². The van der Waals surface area contributed by atoms with Crippen LogP contribution in [0.5, 0.6) is 11.5 Å². The van der Waals surface area contributed by atoms with Crippen molar-refractivity contribution in [3.8, 4) is 11.5 Å². The van der Waals surface area contributed by atoms with Gasteiger partial charge < -0.3 is 19.3 Å². The van der Waals surface area contributed by atoms with Gasteiger partial charge in [-0.05, 0) is 29.8 Å². The molecule has 0 bridgehead atoms. The van der Waals surface area contributed by atoms with Crippen LogP contribution in [0.2, 0.25) is 0 Å². The van der Waals surface area contributed by atoms with Gasteiger partial charge in [0.25, 0.3) is 11.8 Å². The van der Waals surface area contributed by atoms with Crippen LogP contribution in [0.4, 0.5) is 0 Å². The van der Waals surface area contributed by atoms with Crippen molar-refractivity contribution < 1.29 is 33.7 Å². The van der Waals surface area contributed by atoms with Crippen molar-refractivity contribution in [3.63, 3.8) is 0 Å². The Bertz CT molecular complexity index is 867. The first-order chi connectivity index (χ1) is 13.6. The SMILES string of the molecule is O=C(COC(=O)c1ccc(CO)cc1)NNC(=O)[C@@H]1COc2ccccc2O1. The Morgan fingerprint density at radius 1 is 1.04 bits per heavy atom. The third-order valence-electron chi connectivity index (χ3n) is 3.83. The van der Waals surface area contributed by atoms with Crippen molar-refractivity contribution in [1.82, 2.24) is 10.9 Å². The number of carbonyl (C=O) groups excluding carboxylic acids is 3. The van der Waals surface area contributed by atoms with E-state index in [2.05, 4.69) is 10.9 Å². The second-order valence-corrected chi connectivity index (χ2v) is 5.83. The van der Waals surface area contributed by atoms with Gasteiger partial charge >= 0.3 is 5.97 Å². The average molecular weight is 386 g/mol. The van der Waals surface area contributed by atoms with Crippen molar-refractivity contribution >= 4 is 17.8 Å². The van der Waals surface area contributed by atoms with Gasteiger partial charge in [0.1, 0.15) is 6.61 Å². The van der Waals surface area contributed by atoms with Gasteiger partial charge in [-0.15, -0.1) is 0 Å². The standard InChI is InChI=1S/C19H18N2O7/c22-9-12-5-7-13(8-6-12)19(25)27-11-17(23)20-21-18(24)16-10-26-14-3-1-2-4-15(14)28-16/h1-8,16,22H,9-11H2,(H,20,23)(H,21,24)/t16-/m0/s1. The van der Waals surface area contributed by atoms with Crippen molar-refractivity contribution in [2.75, 3.05) is 13.2 Å². The fourth-order valence-electron chi connectivity index (χ4n) is 2.36. The van der Waals surface area contributed by atoms with Crippen LogP contribution in [0.25, 0.3) is 0 Å². The number of aliphatic hydroxyl groups excluding tert-OH is 1. The highest BCUT2D eigenvalue weighted by Gasteiger charge is 2.27. The molecule has 1 atom stereocenters. The number of rotatable bonds is 5. The molecule has 0 radical (unpaired) electrons. The van der Waals surface area contributed by atoms with E-state index in [1.165, 1.54) is 12.1 Å². The summed E-state index contributed by atoms with van der Waals surface area (Å²) >= 11 is 0. The molecule has 0 spiro atoms. The molecule has 1 aliphatic heterocycles. The first-order valence-corrected chi connectivity index (χ1v) is 8.41. The molecule has 0 fully saturated rings. The van der Waals surface area contributed by atoms with Crippen LogP contribution in [0.3, 0.4) is 0 Å². The van der Waals surface area contributed by atoms with Crippen LogP contribution in [-0.2, 0) is 20.9 Å². The zero-order chi connectivity index (χ0) is 19.9. The molecule has 0 unspecified atom stereocenters. The lowest BCUT2D eigenvalue weighted by atomic mass is 10.1. The zero-order valence-electron chi connectivity index (χ0n) is 14.7. The van der Waals surface area contributed by atoms with Crippen LogP contribution in [-0.4, -0.2) is 42.2 Å². The predicted octanol–water partition coefficient (Wildman–Crippen LogP) is 0.323. The highest BCUT2D eigenvalue weighted by molar-refractivity contribution is 5.91. The summed E-state index contributed by atoms with van der Waals surface area (Å²) in [5.74, 6) is -1.05. The van der Waals surface area contributed by atoms with Crippen molar-refractivity contribution in [2.45, 2.75) is 12.7 Å². The molecule has 2 aromatic rings. The normalized spacial score (nSPS) is 14.7. The maximum atomic E-state index is 12.1. The quantitative estimate of drug-likeness (QED) is 0.500. The Kier molecular flexibility index (Phi) is 6.07. The number of hydrazine groups is 1. The molecule has 146 valence electrons. The van der Waals surface area contributed by atoms with Gasteiger partial charge in [-0.1, -0.05) is 24.3 Å². The summed E-state index contributed by atoms with van der Waals surface area (Å²) in [6.07, 6.45) is -0.928. The van der Waals surface area contributed by atoms with E-state index < -0.39 is 30.5 Å². The van der Waals surface area contributed by atoms with E-state index in [-0.39, 0.29) is 18.8 Å². The number of benzene rings is 2. The van der Waals surface area contributed by atoms with Gasteiger partial charge in [-0.3, -0.25) is 20.4 Å². The maximum Gasteiger partial charge on any atom is 0.338 e. The van der Waals surface area contributed by atoms with Crippen molar-refractivity contribution in [1.29, 1.82) is 0 Å². The molecule has 9 heteroatoms. The fraction of sp³-hybridized carbons (Fsp3) is 0.211. The Labute approximate surface area is 160 Å². The summed E-state index contributed by atoms with van der Waals surface area (Å²) < 4.78 is 15.8. The predicted molar refractivity (Wildman–Crippen MR) is 95.3 cm³/mol. The van der Waals surface area contributed by atoms with E-state index in [4.69, 9.17) is 19.3 Å². The van der Waals surface area contributed by atoms with E-state index in [0.29, 0.717) is 17.1 Å². The highest BCUT2D eigenvalue weighted by Crippen LogP contribution is 2.30. The average Bonchev–Trinajstić information content (AvgIpc) is 2.75. The van der Waals surface area contributed by atoms with E-state index in [1.807, 2.05) is 0 Å². The molecule has 2 amide bonds. The lowest BCUT2D eigenvalue weighted by Gasteiger charge is -2.25. The Balaban J connectivity index is 1.41. The minimum absolute atomic E-state index is 0.00244. The van der Waals surface area contributed by atoms with Gasteiger partial charge in [0.05, 0.1) is 12.2 Å². The number of para-hydroxylation sites is 2. The Morgan fingerprint density at radius 2 is 1.75 bits per heavy atom. The van der Waals surface area contributed by atoms with Crippen LogP contribution in [0.1, 0.15) is 15.9 Å². The first-order valence-electron chi connectivity index (χ1n) is 8.41. The molecule has 0 aliphatic carbocycles. The minimum atomic E-state index is -0.928. The Morgan fingerprint density at radius 3 is 2.46 bits per heavy atom. The van der Waals surface area contributed by atoms with Gasteiger partial charge in [-0.25, -0.2) is 4.79 Å². The lowest BCUT2D eigenvalue weighted by Crippen LogP contribution is -2.51. The Hall–Kier alpha value is -3.59. The molecule has 1 heterocycles. The summed E-state index contributed by atoms with van der Waals surface area (Å²) in [6.45, 7) is -0.720. The van der Waals surface area contributed by atoms with Crippen LogP contribution in [0, 0.1) is 0 Å². The number of hydrogen-bond acceptors (Lipinski definition) is 7. The van der Waals surface area contributed by atoms with Crippen LogP contribution >= 0.6 is 0 Å². The monoisotopic (exact) mass is 386 g/mol. The molecular formula is C19H18N2O7. The molecule has 28 heavy (non-hydrogen) atoms. The summed E-state index contributed by atoms with van der Waals surface area (Å²) in [5, 5.41) is 8.97. The second kappa shape index (κ2) is 8.87. The largest absolute Gasteiger partial charge is 0.485 e. The molecule has 3 rings (SSSR count). The molecule has 0 saturated carbocycles. The fourth-order valence-corrected chi connectivity index (χ4v) is 2.36. The number of ether oxygens (including phenoxy) is 3. The first kappa shape index (κ1) is 19.2. The number of fused-ring (bicyclic) bond motifs is 1. The number of carbonyl (C=O) groups is 3. The molecule has 1 aliphatic rings. The molecule has 2 aromatic carbocycles. The van der Waals surface area contributed by atoms with Gasteiger partial charge in [0.2, 0.25) is 6.10 Å². The molecule has 0 saturated heterocycles. The summed E-state index contributed by atoms with van der Waals surface area (Å²) in [5.41, 5.74) is 5.23. The van der Waals surface area contributed by atoms with Crippen molar-refractivity contribution in [2.24, 2.45) is 0 Å². The molecule has 0 aromatic heterocycles. The lowest BCUT2D eigenvalue weighted by molar-refractivity contribution is -0.135. The molecule has 3 N–H and O–H groups in total. The van der Waals surface area contributed by atoms with Crippen LogP contribution in [0.15, 0.2) is 48.5 Å². The molecular weight excluding hydrogens is 368 g/mol. The summed E-state index contributed by atoms with van der Waals surface area (Å²) in [6, 6.07) is 13.0. The second-order valence-electron chi connectivity index (χ2n) is 5.83. The zero-order valence-corrected chi connectivity index (χ0v) is 14.7. The number of amides is 2. The maximum absolute atomic E-state index is 12.1.